The smallest absolute Gasteiger partial charge is 0.337 e. The van der Waals surface area contributed by atoms with Crippen molar-refractivity contribution in [1.29, 1.82) is 0 Å². The first-order valence-electron chi connectivity index (χ1n) is 9.80. The lowest BCUT2D eigenvalue weighted by molar-refractivity contribution is 0.0694. The molecule has 0 fully saturated rings. The van der Waals surface area contributed by atoms with E-state index < -0.39 is 5.97 Å². The Morgan fingerprint density at radius 1 is 1.03 bits per heavy atom. The van der Waals surface area contributed by atoms with Crippen LogP contribution in [0.1, 0.15) is 44.0 Å². The van der Waals surface area contributed by atoms with Crippen LogP contribution in [-0.2, 0) is 19.5 Å². The number of aryl methyl sites for hydroxylation is 1. The highest BCUT2D eigenvalue weighted by molar-refractivity contribution is 5.91. The Bertz CT molecular complexity index is 1010. The van der Waals surface area contributed by atoms with Crippen LogP contribution < -0.4 is 5.32 Å². The molecule has 0 aliphatic carbocycles. The molecule has 4 nitrogen and oxygen atoms in total. The number of hydrogen-bond acceptors (Lipinski definition) is 2. The van der Waals surface area contributed by atoms with E-state index in [4.69, 9.17) is 0 Å². The Hall–Kier alpha value is -2.92. The number of hydrogen-bond donors (Lipinski definition) is 2. The lowest BCUT2D eigenvalue weighted by Gasteiger charge is -2.11. The van der Waals surface area contributed by atoms with Gasteiger partial charge in [0.1, 0.15) is 5.82 Å². The van der Waals surface area contributed by atoms with E-state index in [0.717, 1.165) is 24.2 Å². The van der Waals surface area contributed by atoms with Crippen molar-refractivity contribution in [3.63, 3.8) is 0 Å². The highest BCUT2D eigenvalue weighted by atomic mass is 19.1. The number of halogens is 1. The lowest BCUT2D eigenvalue weighted by Crippen LogP contribution is -2.18. The van der Waals surface area contributed by atoms with Crippen molar-refractivity contribution in [1.82, 2.24) is 9.88 Å². The van der Waals surface area contributed by atoms with Crippen LogP contribution in [-0.4, -0.2) is 22.2 Å². The molecule has 0 radical (unpaired) electrons. The van der Waals surface area contributed by atoms with Crippen LogP contribution in [0.5, 0.6) is 0 Å². The number of carbonyl (C=O) groups is 1. The van der Waals surface area contributed by atoms with Gasteiger partial charge in [-0.25, -0.2) is 9.18 Å². The molecule has 1 heterocycles. The largest absolute Gasteiger partial charge is 0.478 e. The summed E-state index contributed by atoms with van der Waals surface area (Å²) in [6.07, 6.45) is 0.872. The third-order valence-corrected chi connectivity index (χ3v) is 5.42. The minimum absolute atomic E-state index is 0.283. The molecule has 152 valence electrons. The Kier molecular flexibility index (Phi) is 6.49. The molecule has 0 spiro atoms. The number of rotatable bonds is 8. The van der Waals surface area contributed by atoms with Gasteiger partial charge in [-0.15, -0.1) is 0 Å². The van der Waals surface area contributed by atoms with Gasteiger partial charge >= 0.3 is 5.97 Å². The van der Waals surface area contributed by atoms with Crippen molar-refractivity contribution in [3.8, 4) is 0 Å². The van der Waals surface area contributed by atoms with Crippen LogP contribution >= 0.6 is 0 Å². The van der Waals surface area contributed by atoms with Gasteiger partial charge < -0.3 is 15.0 Å². The average Bonchev–Trinajstić information content (AvgIpc) is 2.92. The van der Waals surface area contributed by atoms with E-state index in [1.54, 1.807) is 25.1 Å². The molecule has 2 aromatic carbocycles. The van der Waals surface area contributed by atoms with Crippen LogP contribution in [0, 0.1) is 26.6 Å². The normalized spacial score (nSPS) is 11.0. The van der Waals surface area contributed by atoms with Crippen molar-refractivity contribution in [2.45, 2.75) is 40.3 Å². The number of nitrogens with zero attached hydrogens (tertiary/aromatic N) is 1. The minimum atomic E-state index is -0.951. The summed E-state index contributed by atoms with van der Waals surface area (Å²) in [6.45, 7) is 7.27. The van der Waals surface area contributed by atoms with E-state index in [1.165, 1.54) is 17.2 Å². The fraction of sp³-hybridized carbons (Fsp3) is 0.292. The number of carboxylic acid groups (broad SMARTS) is 1. The molecule has 2 N–H and O–H groups in total. The summed E-state index contributed by atoms with van der Waals surface area (Å²) < 4.78 is 16.0. The second kappa shape index (κ2) is 9.05. The molecule has 0 aliphatic heterocycles. The molecule has 0 unspecified atom stereocenters. The van der Waals surface area contributed by atoms with Gasteiger partial charge in [0, 0.05) is 29.1 Å². The van der Waals surface area contributed by atoms with Gasteiger partial charge in [0.15, 0.2) is 0 Å². The molecule has 0 bridgehead atoms. The highest BCUT2D eigenvalue weighted by Crippen LogP contribution is 2.24. The zero-order valence-electron chi connectivity index (χ0n) is 17.1. The third-order valence-electron chi connectivity index (χ3n) is 5.42. The predicted molar refractivity (Wildman–Crippen MR) is 113 cm³/mol. The molecule has 0 amide bonds. The van der Waals surface area contributed by atoms with E-state index in [0.29, 0.717) is 29.9 Å². The van der Waals surface area contributed by atoms with Crippen LogP contribution in [0.3, 0.4) is 0 Å². The van der Waals surface area contributed by atoms with Gasteiger partial charge in [-0.2, -0.15) is 0 Å². The summed E-state index contributed by atoms with van der Waals surface area (Å²) in [5.74, 6) is -1.23. The second-order valence-electron chi connectivity index (χ2n) is 7.42. The van der Waals surface area contributed by atoms with E-state index in [9.17, 15) is 14.3 Å². The third kappa shape index (κ3) is 4.74. The van der Waals surface area contributed by atoms with Gasteiger partial charge in [0.25, 0.3) is 0 Å². The van der Waals surface area contributed by atoms with Crippen molar-refractivity contribution in [2.24, 2.45) is 0 Å². The summed E-state index contributed by atoms with van der Waals surface area (Å²) in [7, 11) is 0. The predicted octanol–water partition coefficient (Wildman–Crippen LogP) is 4.63. The average molecular weight is 394 g/mol. The fourth-order valence-electron chi connectivity index (χ4n) is 3.68. The fourth-order valence-corrected chi connectivity index (χ4v) is 3.68. The summed E-state index contributed by atoms with van der Waals surface area (Å²) >= 11 is 0. The first-order chi connectivity index (χ1) is 13.9. The summed E-state index contributed by atoms with van der Waals surface area (Å²) in [5, 5.41) is 13.1. The summed E-state index contributed by atoms with van der Waals surface area (Å²) in [4.78, 5) is 11.9. The van der Waals surface area contributed by atoms with Crippen LogP contribution in [0.4, 0.5) is 4.39 Å². The molecular formula is C24H27FN2O2. The Morgan fingerprint density at radius 2 is 1.72 bits per heavy atom. The monoisotopic (exact) mass is 394 g/mol. The van der Waals surface area contributed by atoms with Gasteiger partial charge in [0.2, 0.25) is 0 Å². The molecule has 0 saturated carbocycles. The number of carboxylic acids is 1. The van der Waals surface area contributed by atoms with E-state index in [-0.39, 0.29) is 5.82 Å². The minimum Gasteiger partial charge on any atom is -0.478 e. The SMILES string of the molecule is Cc1ccc(CCNCc2c(C(=O)O)c(C)n(Cc3ccccc3F)c2C)cc1. The van der Waals surface area contributed by atoms with Crippen LogP contribution in [0.25, 0.3) is 0 Å². The number of aromatic nitrogens is 1. The lowest BCUT2D eigenvalue weighted by atomic mass is 10.1. The Labute approximate surface area is 171 Å². The molecule has 0 saturated heterocycles. The molecule has 3 aromatic rings. The zero-order chi connectivity index (χ0) is 21.0. The maximum Gasteiger partial charge on any atom is 0.337 e. The maximum absolute atomic E-state index is 14.1. The van der Waals surface area contributed by atoms with Gasteiger partial charge in [-0.3, -0.25) is 0 Å². The summed E-state index contributed by atoms with van der Waals surface area (Å²) in [5.41, 5.74) is 5.59. The molecule has 1 aromatic heterocycles. The Balaban J connectivity index is 1.76. The number of aromatic carboxylic acids is 1. The van der Waals surface area contributed by atoms with Crippen molar-refractivity contribution in [3.05, 3.63) is 93.6 Å². The zero-order valence-corrected chi connectivity index (χ0v) is 17.1. The van der Waals surface area contributed by atoms with Gasteiger partial charge in [0.05, 0.1) is 12.1 Å². The first-order valence-corrected chi connectivity index (χ1v) is 9.80. The van der Waals surface area contributed by atoms with Crippen LogP contribution in [0.2, 0.25) is 0 Å². The highest BCUT2D eigenvalue weighted by Gasteiger charge is 2.22. The van der Waals surface area contributed by atoms with Crippen molar-refractivity contribution < 1.29 is 14.3 Å². The van der Waals surface area contributed by atoms with Crippen molar-refractivity contribution in [2.75, 3.05) is 6.54 Å². The maximum atomic E-state index is 14.1. The number of benzene rings is 2. The molecule has 29 heavy (non-hydrogen) atoms. The quantitative estimate of drug-likeness (QED) is 0.548. The topological polar surface area (TPSA) is 54.3 Å². The molecular weight excluding hydrogens is 367 g/mol. The van der Waals surface area contributed by atoms with Gasteiger partial charge in [-0.05, 0) is 45.4 Å². The Morgan fingerprint density at radius 3 is 2.38 bits per heavy atom. The van der Waals surface area contributed by atoms with Crippen LogP contribution in [0.15, 0.2) is 48.5 Å². The second-order valence-corrected chi connectivity index (χ2v) is 7.42. The van der Waals surface area contributed by atoms with E-state index in [1.807, 2.05) is 11.5 Å². The van der Waals surface area contributed by atoms with E-state index >= 15 is 0 Å². The van der Waals surface area contributed by atoms with Gasteiger partial charge in [-0.1, -0.05) is 48.0 Å². The first kappa shape index (κ1) is 20.8. The van der Waals surface area contributed by atoms with Crippen molar-refractivity contribution >= 4 is 5.97 Å². The van der Waals surface area contributed by atoms with E-state index in [2.05, 4.69) is 36.5 Å². The molecule has 0 atom stereocenters. The number of nitrogens with one attached hydrogen (secondary N) is 1. The standard InChI is InChI=1S/C24H27FN2O2/c1-16-8-10-19(11-9-16)12-13-26-14-21-17(2)27(18(3)23(21)24(28)29)15-20-6-4-5-7-22(20)25/h4-11,26H,12-15H2,1-3H3,(H,28,29). The molecule has 5 heteroatoms. The molecule has 0 aliphatic rings. The summed E-state index contributed by atoms with van der Waals surface area (Å²) in [6, 6.07) is 15.0. The molecule has 3 rings (SSSR count).